The third-order valence-electron chi connectivity index (χ3n) is 6.54. The molecule has 5 aromatic rings. The molecule has 0 aliphatic heterocycles. The number of benzene rings is 2. The first-order valence-electron chi connectivity index (χ1n) is 12.0. The number of amides is 1. The van der Waals surface area contributed by atoms with Crippen LogP contribution in [0, 0.1) is 6.92 Å². The number of carbonyl (C=O) groups excluding carboxylic acids is 1. The van der Waals surface area contributed by atoms with Gasteiger partial charge in [-0.1, -0.05) is 59.8 Å². The van der Waals surface area contributed by atoms with Crippen molar-refractivity contribution in [2.24, 2.45) is 0 Å². The Balaban J connectivity index is 1.33. The third-order valence-corrected chi connectivity index (χ3v) is 8.75. The van der Waals surface area contributed by atoms with Gasteiger partial charge >= 0.3 is 0 Å². The van der Waals surface area contributed by atoms with Gasteiger partial charge in [-0.05, 0) is 55.9 Å². The molecule has 0 radical (unpaired) electrons. The van der Waals surface area contributed by atoms with Crippen molar-refractivity contribution >= 4 is 45.0 Å². The summed E-state index contributed by atoms with van der Waals surface area (Å²) in [6, 6.07) is 18.0. The predicted molar refractivity (Wildman–Crippen MR) is 145 cm³/mol. The van der Waals surface area contributed by atoms with Crippen LogP contribution < -0.4 is 10.9 Å². The van der Waals surface area contributed by atoms with Crippen LogP contribution in [0.3, 0.4) is 0 Å². The SMILES string of the molecule is Cc1ccc(-n2c(=O)c3c4c(sc3n3c(SCC(=O)NCCc5ccccc5)nnc23)CCC4)cc1. The summed E-state index contributed by atoms with van der Waals surface area (Å²) in [4.78, 5) is 28.5. The summed E-state index contributed by atoms with van der Waals surface area (Å²) in [5, 5.41) is 13.2. The summed E-state index contributed by atoms with van der Waals surface area (Å²) in [7, 11) is 0. The molecule has 3 heterocycles. The van der Waals surface area contributed by atoms with Gasteiger partial charge in [0.15, 0.2) is 5.16 Å². The van der Waals surface area contributed by atoms with Crippen LogP contribution in [0.1, 0.15) is 28.0 Å². The molecule has 0 unspecified atom stereocenters. The molecule has 7 nitrogen and oxygen atoms in total. The third kappa shape index (κ3) is 4.12. The van der Waals surface area contributed by atoms with E-state index < -0.39 is 0 Å². The van der Waals surface area contributed by atoms with E-state index in [2.05, 4.69) is 27.6 Å². The number of thiophene rings is 1. The zero-order valence-electron chi connectivity index (χ0n) is 19.9. The summed E-state index contributed by atoms with van der Waals surface area (Å²) in [5.41, 5.74) is 4.18. The molecular formula is C27H25N5O2S2. The lowest BCUT2D eigenvalue weighted by molar-refractivity contribution is -0.118. The molecular weight excluding hydrogens is 490 g/mol. The standard InChI is InChI=1S/C27H25N5O2S2/c1-17-10-12-19(13-11-17)31-24(34)23-20-8-5-9-21(20)36-25(23)32-26(31)29-30-27(32)35-16-22(33)28-15-14-18-6-3-2-4-7-18/h2-4,6-7,10-13H,5,8-9,14-16H2,1H3,(H,28,33). The van der Waals surface area contributed by atoms with Crippen LogP contribution in [-0.4, -0.2) is 37.4 Å². The van der Waals surface area contributed by atoms with E-state index in [4.69, 9.17) is 0 Å². The monoisotopic (exact) mass is 515 g/mol. The van der Waals surface area contributed by atoms with Crippen molar-refractivity contribution in [3.63, 3.8) is 0 Å². The zero-order chi connectivity index (χ0) is 24.6. The molecule has 1 aliphatic carbocycles. The molecule has 6 rings (SSSR count). The van der Waals surface area contributed by atoms with Crippen LogP contribution in [0.15, 0.2) is 64.5 Å². The number of aromatic nitrogens is 4. The molecule has 36 heavy (non-hydrogen) atoms. The van der Waals surface area contributed by atoms with Crippen molar-refractivity contribution in [1.82, 2.24) is 24.5 Å². The van der Waals surface area contributed by atoms with E-state index in [1.165, 1.54) is 22.2 Å². The van der Waals surface area contributed by atoms with Crippen molar-refractivity contribution in [3.8, 4) is 5.69 Å². The maximum atomic E-state index is 13.8. The van der Waals surface area contributed by atoms with Crippen molar-refractivity contribution in [1.29, 1.82) is 0 Å². The second-order valence-corrected chi connectivity index (χ2v) is 11.0. The van der Waals surface area contributed by atoms with Gasteiger partial charge in [-0.3, -0.25) is 9.59 Å². The van der Waals surface area contributed by atoms with Crippen LogP contribution in [0.4, 0.5) is 0 Å². The van der Waals surface area contributed by atoms with Crippen molar-refractivity contribution in [2.75, 3.05) is 12.3 Å². The molecule has 1 amide bonds. The number of hydrogen-bond donors (Lipinski definition) is 1. The molecule has 1 N–H and O–H groups in total. The normalized spacial score (nSPS) is 12.9. The molecule has 0 saturated heterocycles. The van der Waals surface area contributed by atoms with Crippen molar-refractivity contribution in [2.45, 2.75) is 37.8 Å². The fraction of sp³-hybridized carbons (Fsp3) is 0.259. The molecule has 0 fully saturated rings. The molecule has 2 aromatic carbocycles. The van der Waals surface area contributed by atoms with Gasteiger partial charge in [-0.25, -0.2) is 8.97 Å². The maximum absolute atomic E-state index is 13.8. The fourth-order valence-corrected chi connectivity index (χ4v) is 6.95. The summed E-state index contributed by atoms with van der Waals surface area (Å²) in [5.74, 6) is 0.652. The number of nitrogens with one attached hydrogen (secondary N) is 1. The molecule has 3 aromatic heterocycles. The van der Waals surface area contributed by atoms with E-state index in [1.54, 1.807) is 15.9 Å². The Morgan fingerprint density at radius 3 is 2.69 bits per heavy atom. The summed E-state index contributed by atoms with van der Waals surface area (Å²) in [6.07, 6.45) is 3.77. The number of nitrogens with zero attached hydrogens (tertiary/aromatic N) is 4. The molecule has 9 heteroatoms. The topological polar surface area (TPSA) is 81.3 Å². The predicted octanol–water partition coefficient (Wildman–Crippen LogP) is 4.34. The highest BCUT2D eigenvalue weighted by Crippen LogP contribution is 2.37. The van der Waals surface area contributed by atoms with Crippen LogP contribution >= 0.6 is 23.1 Å². The highest BCUT2D eigenvalue weighted by atomic mass is 32.2. The number of thioether (sulfide) groups is 1. The summed E-state index contributed by atoms with van der Waals surface area (Å²) >= 11 is 3.00. The Labute approximate surface area is 216 Å². The average Bonchev–Trinajstić information content (AvgIpc) is 3.59. The van der Waals surface area contributed by atoms with Gasteiger partial charge in [0.25, 0.3) is 5.56 Å². The second kappa shape index (κ2) is 9.55. The van der Waals surface area contributed by atoms with Gasteiger partial charge in [-0.2, -0.15) is 0 Å². The smallest absolute Gasteiger partial charge is 0.268 e. The Morgan fingerprint density at radius 2 is 1.89 bits per heavy atom. The number of carbonyl (C=O) groups is 1. The maximum Gasteiger partial charge on any atom is 0.268 e. The minimum Gasteiger partial charge on any atom is -0.355 e. The molecule has 182 valence electrons. The number of rotatable bonds is 7. The van der Waals surface area contributed by atoms with Gasteiger partial charge in [0.2, 0.25) is 11.7 Å². The van der Waals surface area contributed by atoms with Gasteiger partial charge in [0.1, 0.15) is 4.83 Å². The van der Waals surface area contributed by atoms with E-state index in [-0.39, 0.29) is 17.2 Å². The Kier molecular flexibility index (Phi) is 6.10. The summed E-state index contributed by atoms with van der Waals surface area (Å²) < 4.78 is 3.62. The highest BCUT2D eigenvalue weighted by molar-refractivity contribution is 7.99. The average molecular weight is 516 g/mol. The van der Waals surface area contributed by atoms with Gasteiger partial charge in [-0.15, -0.1) is 21.5 Å². The second-order valence-electron chi connectivity index (χ2n) is 9.01. The van der Waals surface area contributed by atoms with Crippen LogP contribution in [-0.2, 0) is 24.1 Å². The van der Waals surface area contributed by atoms with Gasteiger partial charge < -0.3 is 5.32 Å². The van der Waals surface area contributed by atoms with Crippen LogP contribution in [0.25, 0.3) is 21.7 Å². The number of fused-ring (bicyclic) bond motifs is 5. The van der Waals surface area contributed by atoms with E-state index in [1.807, 2.05) is 53.8 Å². The van der Waals surface area contributed by atoms with E-state index in [9.17, 15) is 9.59 Å². The number of aryl methyl sites for hydroxylation is 3. The summed E-state index contributed by atoms with van der Waals surface area (Å²) in [6.45, 7) is 2.60. The highest BCUT2D eigenvalue weighted by Gasteiger charge is 2.26. The lowest BCUT2D eigenvalue weighted by atomic mass is 10.1. The molecule has 0 saturated carbocycles. The largest absolute Gasteiger partial charge is 0.355 e. The van der Waals surface area contributed by atoms with Crippen LogP contribution in [0.5, 0.6) is 0 Å². The van der Waals surface area contributed by atoms with Crippen LogP contribution in [0.2, 0.25) is 0 Å². The fourth-order valence-electron chi connectivity index (χ4n) is 4.75. The van der Waals surface area contributed by atoms with Crippen molar-refractivity contribution < 1.29 is 4.79 Å². The Bertz CT molecular complexity index is 1630. The minimum atomic E-state index is -0.0524. The van der Waals surface area contributed by atoms with Gasteiger partial charge in [0, 0.05) is 11.4 Å². The molecule has 0 atom stereocenters. The number of hydrogen-bond acceptors (Lipinski definition) is 6. The first-order valence-corrected chi connectivity index (χ1v) is 13.9. The van der Waals surface area contributed by atoms with E-state index in [0.29, 0.717) is 17.5 Å². The molecule has 0 spiro atoms. The minimum absolute atomic E-state index is 0.0514. The van der Waals surface area contributed by atoms with E-state index in [0.717, 1.165) is 52.7 Å². The van der Waals surface area contributed by atoms with E-state index >= 15 is 0 Å². The quantitative estimate of drug-likeness (QED) is 0.326. The zero-order valence-corrected chi connectivity index (χ0v) is 21.5. The molecule has 1 aliphatic rings. The van der Waals surface area contributed by atoms with Crippen molar-refractivity contribution in [3.05, 3.63) is 86.5 Å². The Hall–Kier alpha value is -3.43. The Morgan fingerprint density at radius 1 is 1.08 bits per heavy atom. The first-order chi connectivity index (χ1) is 17.6. The molecule has 0 bridgehead atoms. The van der Waals surface area contributed by atoms with Gasteiger partial charge in [0.05, 0.1) is 16.8 Å². The lowest BCUT2D eigenvalue weighted by Crippen LogP contribution is -2.27. The first kappa shape index (κ1) is 23.0. The lowest BCUT2D eigenvalue weighted by Gasteiger charge is -2.10.